The van der Waals surface area contributed by atoms with Crippen LogP contribution >= 0.6 is 11.8 Å². The summed E-state index contributed by atoms with van der Waals surface area (Å²) >= 11 is -1.07. The lowest BCUT2D eigenvalue weighted by Gasteiger charge is -2.18. The van der Waals surface area contributed by atoms with Crippen LogP contribution in [0.5, 0.6) is 0 Å². The summed E-state index contributed by atoms with van der Waals surface area (Å²) in [6, 6.07) is 9.98. The molecule has 134 valence electrons. The Hall–Kier alpha value is -1.72. The van der Waals surface area contributed by atoms with Crippen molar-refractivity contribution in [2.24, 2.45) is 5.14 Å². The lowest BCUT2D eigenvalue weighted by Crippen LogP contribution is -2.23. The van der Waals surface area contributed by atoms with E-state index in [1.165, 1.54) is 12.3 Å². The average Bonchev–Trinajstić information content (AvgIpc) is 2.54. The van der Waals surface area contributed by atoms with Crippen molar-refractivity contribution in [1.29, 1.82) is 0 Å². The van der Waals surface area contributed by atoms with Gasteiger partial charge in [0.25, 0.3) is 11.3 Å². The van der Waals surface area contributed by atoms with Crippen LogP contribution in [-0.4, -0.2) is 23.4 Å². The van der Waals surface area contributed by atoms with Gasteiger partial charge in [0.1, 0.15) is 10.7 Å². The topological polar surface area (TPSA) is 101 Å². The van der Waals surface area contributed by atoms with Crippen molar-refractivity contribution in [1.82, 2.24) is 0 Å². The third-order valence-corrected chi connectivity index (χ3v) is 5.51. The predicted octanol–water partition coefficient (Wildman–Crippen LogP) is 2.81. The Morgan fingerprint density at radius 2 is 1.88 bits per heavy atom. The molecule has 0 saturated heterocycles. The highest BCUT2D eigenvalue weighted by Gasteiger charge is 2.21. The van der Waals surface area contributed by atoms with Gasteiger partial charge in [-0.05, 0) is 48.2 Å². The van der Waals surface area contributed by atoms with Crippen molar-refractivity contribution >= 4 is 44.8 Å². The molecule has 0 heterocycles. The van der Waals surface area contributed by atoms with Gasteiger partial charge in [-0.2, -0.15) is 0 Å². The number of nitrogens with two attached hydrogens (primary N) is 1. The molecule has 0 aliphatic rings. The summed E-state index contributed by atoms with van der Waals surface area (Å²) in [6.45, 7) is 0. The molecule has 0 aliphatic carbocycles. The van der Waals surface area contributed by atoms with Gasteiger partial charge < -0.3 is 0 Å². The van der Waals surface area contributed by atoms with Gasteiger partial charge in [-0.15, -0.1) is 11.8 Å². The maximum absolute atomic E-state index is 13.5. The maximum atomic E-state index is 13.5. The molecule has 0 aliphatic heterocycles. The van der Waals surface area contributed by atoms with E-state index in [1.54, 1.807) is 23.9 Å². The van der Waals surface area contributed by atoms with Crippen LogP contribution in [0.3, 0.4) is 0 Å². The summed E-state index contributed by atoms with van der Waals surface area (Å²) in [7, 11) is -4.21. The first-order valence-corrected chi connectivity index (χ1v) is 10.6. The van der Waals surface area contributed by atoms with E-state index in [-0.39, 0.29) is 5.69 Å². The summed E-state index contributed by atoms with van der Waals surface area (Å²) < 4.78 is 58.7. The monoisotopic (exact) mass is 402 g/mol. The molecular formula is C15H15FN2O4S3. The number of halogens is 1. The van der Waals surface area contributed by atoms with Gasteiger partial charge >= 0.3 is 0 Å². The Bertz CT molecular complexity index is 915. The van der Waals surface area contributed by atoms with E-state index >= 15 is 0 Å². The lowest BCUT2D eigenvalue weighted by molar-refractivity contribution is 0.563. The molecular weight excluding hydrogens is 387 g/mol. The molecule has 0 spiro atoms. The number of hydrogen-bond donors (Lipinski definition) is 2. The van der Waals surface area contributed by atoms with E-state index in [2.05, 4.69) is 0 Å². The molecule has 1 atom stereocenters. The highest BCUT2D eigenvalue weighted by molar-refractivity contribution is 7.98. The first-order valence-electron chi connectivity index (χ1n) is 6.77. The third kappa shape index (κ3) is 5.13. The summed E-state index contributed by atoms with van der Waals surface area (Å²) in [5, 5.41) is 5.10. The molecule has 10 heteroatoms. The fourth-order valence-electron chi connectivity index (χ4n) is 1.99. The number of rotatable bonds is 6. The highest BCUT2D eigenvalue weighted by atomic mass is 32.2. The van der Waals surface area contributed by atoms with Crippen molar-refractivity contribution in [3.63, 3.8) is 0 Å². The summed E-state index contributed by atoms with van der Waals surface area (Å²) in [5.74, 6) is -0.768. The van der Waals surface area contributed by atoms with Crippen LogP contribution in [-0.2, 0) is 21.3 Å². The smallest absolute Gasteiger partial charge is 0.266 e. The zero-order valence-corrected chi connectivity index (χ0v) is 15.4. The van der Waals surface area contributed by atoms with Crippen molar-refractivity contribution in [2.75, 3.05) is 10.6 Å². The number of primary sulfonamides is 1. The molecule has 25 heavy (non-hydrogen) atoms. The van der Waals surface area contributed by atoms with E-state index < -0.39 is 32.0 Å². The first kappa shape index (κ1) is 19.6. The van der Waals surface area contributed by atoms with Crippen LogP contribution in [0.25, 0.3) is 6.08 Å². The van der Waals surface area contributed by atoms with Crippen LogP contribution in [0.1, 0.15) is 5.56 Å². The quantitative estimate of drug-likeness (QED) is 0.572. The van der Waals surface area contributed by atoms with Crippen molar-refractivity contribution in [3.05, 3.63) is 60.0 Å². The molecule has 6 nitrogen and oxygen atoms in total. The molecule has 0 radical (unpaired) electrons. The molecule has 0 aromatic heterocycles. The number of nitrogens with zero attached hydrogens (tertiary/aromatic N) is 1. The molecule has 2 aromatic rings. The second-order valence-corrected chi connectivity index (χ2v) is 8.07. The minimum absolute atomic E-state index is 0.333. The zero-order valence-electron chi connectivity index (χ0n) is 13.0. The Labute approximate surface area is 152 Å². The summed E-state index contributed by atoms with van der Waals surface area (Å²) in [4.78, 5) is 0.583. The van der Waals surface area contributed by atoms with E-state index in [9.17, 15) is 21.6 Å². The van der Waals surface area contributed by atoms with Gasteiger partial charge in [0.05, 0.1) is 5.69 Å². The lowest BCUT2D eigenvalue weighted by atomic mass is 10.2. The SMILES string of the molecule is CSc1ccc(C=CN(c2cc(F)ccc2S(N)(=O)=O)S(=O)O)cc1. The zero-order chi connectivity index (χ0) is 18.6. The Balaban J connectivity index is 2.46. The van der Waals surface area contributed by atoms with Crippen molar-refractivity contribution in [3.8, 4) is 0 Å². The Kier molecular flexibility index (Phi) is 6.36. The summed E-state index contributed by atoms with van der Waals surface area (Å²) in [5.41, 5.74) is 0.377. The minimum Gasteiger partial charge on any atom is -0.289 e. The van der Waals surface area contributed by atoms with E-state index in [0.717, 1.165) is 23.1 Å². The van der Waals surface area contributed by atoms with Gasteiger partial charge in [0.2, 0.25) is 10.0 Å². The van der Waals surface area contributed by atoms with Gasteiger partial charge in [-0.25, -0.2) is 26.5 Å². The van der Waals surface area contributed by atoms with E-state index in [1.807, 2.05) is 18.4 Å². The number of thioether (sulfide) groups is 1. The largest absolute Gasteiger partial charge is 0.289 e. The number of hydrogen-bond acceptors (Lipinski definition) is 4. The second-order valence-electron chi connectivity index (χ2n) is 4.80. The Morgan fingerprint density at radius 3 is 2.40 bits per heavy atom. The minimum atomic E-state index is -4.21. The number of anilines is 1. The van der Waals surface area contributed by atoms with E-state index in [0.29, 0.717) is 9.87 Å². The fraction of sp³-hybridized carbons (Fsp3) is 0.0667. The molecule has 0 amide bonds. The maximum Gasteiger partial charge on any atom is 0.266 e. The van der Waals surface area contributed by atoms with Crippen LogP contribution in [0.2, 0.25) is 0 Å². The van der Waals surface area contributed by atoms with Gasteiger partial charge in [0.15, 0.2) is 0 Å². The Morgan fingerprint density at radius 1 is 1.24 bits per heavy atom. The van der Waals surface area contributed by atoms with Crippen LogP contribution in [0.15, 0.2) is 58.5 Å². The van der Waals surface area contributed by atoms with Crippen LogP contribution in [0, 0.1) is 5.82 Å². The summed E-state index contributed by atoms with van der Waals surface area (Å²) in [6.07, 6.45) is 4.62. The van der Waals surface area contributed by atoms with Crippen LogP contribution < -0.4 is 9.44 Å². The van der Waals surface area contributed by atoms with Gasteiger partial charge in [-0.1, -0.05) is 12.1 Å². The third-order valence-electron chi connectivity index (χ3n) is 3.15. The second kappa shape index (κ2) is 8.11. The number of sulfonamides is 1. The van der Waals surface area contributed by atoms with E-state index in [4.69, 9.17) is 5.14 Å². The standard InChI is InChI=1S/C15H15FN2O4S3/c1-23-13-5-2-11(3-6-13)8-9-18(24(19)20)14-10-12(16)4-7-15(14)25(17,21)22/h2-10H,1H3,(H,19,20)(H2,17,21,22). The molecule has 2 rings (SSSR count). The van der Waals surface area contributed by atoms with Gasteiger partial charge in [-0.3, -0.25) is 4.55 Å². The molecule has 0 bridgehead atoms. The highest BCUT2D eigenvalue weighted by Crippen LogP contribution is 2.27. The van der Waals surface area contributed by atoms with Crippen molar-refractivity contribution < 1.29 is 21.6 Å². The van der Waals surface area contributed by atoms with Gasteiger partial charge in [0, 0.05) is 11.1 Å². The van der Waals surface area contributed by atoms with Crippen LogP contribution in [0.4, 0.5) is 10.1 Å². The molecule has 3 N–H and O–H groups in total. The molecule has 1 unspecified atom stereocenters. The molecule has 2 aromatic carbocycles. The fourth-order valence-corrected chi connectivity index (χ4v) is 3.65. The first-order chi connectivity index (χ1) is 11.7. The predicted molar refractivity (Wildman–Crippen MR) is 98.3 cm³/mol. The number of benzene rings is 2. The molecule has 0 fully saturated rings. The normalized spacial score (nSPS) is 13.1. The van der Waals surface area contributed by atoms with Crippen molar-refractivity contribution in [2.45, 2.75) is 9.79 Å². The molecule has 0 saturated carbocycles. The average molecular weight is 402 g/mol.